The molecule has 0 saturated carbocycles. The Bertz CT molecular complexity index is 690. The standard InChI is InChI=1S/C19H17NO/c1-20-12-10-15(11-13-20)6-7-16-8-9-19(21)18-5-3-2-4-17(16)14-18/h2-13H,14H2,1H3/b16-7+. The fraction of sp³-hybridized carbons (Fsp3) is 0.105. The Balaban J connectivity index is 1.93. The predicted molar refractivity (Wildman–Crippen MR) is 86.3 cm³/mol. The third-order valence-corrected chi connectivity index (χ3v) is 3.65. The Morgan fingerprint density at radius 3 is 2.43 bits per heavy atom. The first-order valence-electron chi connectivity index (χ1n) is 7.02. The van der Waals surface area contributed by atoms with E-state index < -0.39 is 0 Å². The normalized spacial score (nSPS) is 22.1. The van der Waals surface area contributed by atoms with Crippen LogP contribution in [0.25, 0.3) is 0 Å². The highest BCUT2D eigenvalue weighted by Gasteiger charge is 2.15. The van der Waals surface area contributed by atoms with Crippen molar-refractivity contribution >= 4 is 5.78 Å². The molecule has 2 aliphatic carbocycles. The summed E-state index contributed by atoms with van der Waals surface area (Å²) in [7, 11) is 2.00. The van der Waals surface area contributed by atoms with Crippen LogP contribution in [0.3, 0.4) is 0 Å². The first kappa shape index (κ1) is 13.4. The van der Waals surface area contributed by atoms with Crippen molar-refractivity contribution in [3.63, 3.8) is 0 Å². The molecule has 0 atom stereocenters. The zero-order valence-corrected chi connectivity index (χ0v) is 12.0. The van der Waals surface area contributed by atoms with E-state index in [4.69, 9.17) is 0 Å². The number of hydrogen-bond acceptors (Lipinski definition) is 2. The quantitative estimate of drug-likeness (QED) is 0.726. The number of nitrogens with zero attached hydrogens (tertiary/aromatic N) is 1. The molecule has 2 heteroatoms. The van der Waals surface area contributed by atoms with Crippen molar-refractivity contribution in [3.05, 3.63) is 95.5 Å². The van der Waals surface area contributed by atoms with Crippen molar-refractivity contribution in [1.29, 1.82) is 0 Å². The minimum absolute atomic E-state index is 0.0996. The van der Waals surface area contributed by atoms with Gasteiger partial charge in [-0.15, -0.1) is 0 Å². The molecule has 0 radical (unpaired) electrons. The number of rotatable bonds is 1. The van der Waals surface area contributed by atoms with Gasteiger partial charge in [-0.2, -0.15) is 0 Å². The van der Waals surface area contributed by atoms with Gasteiger partial charge >= 0.3 is 0 Å². The number of fused-ring (bicyclic) bond motifs is 2. The topological polar surface area (TPSA) is 20.3 Å². The van der Waals surface area contributed by atoms with E-state index in [0.29, 0.717) is 6.42 Å². The summed E-state index contributed by atoms with van der Waals surface area (Å²) < 4.78 is 0. The number of hydrogen-bond donors (Lipinski definition) is 0. The van der Waals surface area contributed by atoms with E-state index in [1.807, 2.05) is 48.7 Å². The second-order valence-corrected chi connectivity index (χ2v) is 5.23. The second-order valence-electron chi connectivity index (χ2n) is 5.23. The first-order chi connectivity index (χ1) is 10.2. The molecule has 2 nitrogen and oxygen atoms in total. The maximum absolute atomic E-state index is 12.0. The minimum atomic E-state index is 0.0996. The van der Waals surface area contributed by atoms with E-state index in [1.54, 1.807) is 6.08 Å². The molecule has 21 heavy (non-hydrogen) atoms. The molecule has 0 aromatic carbocycles. The number of carbonyl (C=O) groups excluding carboxylic acids is 1. The fourth-order valence-electron chi connectivity index (χ4n) is 2.39. The third-order valence-electron chi connectivity index (χ3n) is 3.65. The highest BCUT2D eigenvalue weighted by molar-refractivity contribution is 6.05. The number of ketones is 1. The Morgan fingerprint density at radius 1 is 0.952 bits per heavy atom. The average molecular weight is 275 g/mol. The lowest BCUT2D eigenvalue weighted by Crippen LogP contribution is -2.02. The van der Waals surface area contributed by atoms with Crippen LogP contribution in [-0.4, -0.2) is 17.7 Å². The van der Waals surface area contributed by atoms with Crippen LogP contribution < -0.4 is 0 Å². The summed E-state index contributed by atoms with van der Waals surface area (Å²) in [5.74, 6) is 0.0996. The molecular formula is C19H17NO. The van der Waals surface area contributed by atoms with Crippen LogP contribution in [0.5, 0.6) is 0 Å². The molecule has 104 valence electrons. The smallest absolute Gasteiger partial charge is 0.182 e. The van der Waals surface area contributed by atoms with Crippen molar-refractivity contribution in [2.45, 2.75) is 6.42 Å². The second kappa shape index (κ2) is 5.80. The maximum atomic E-state index is 12.0. The molecule has 1 heterocycles. The van der Waals surface area contributed by atoms with Crippen LogP contribution in [-0.2, 0) is 4.79 Å². The van der Waals surface area contributed by atoms with E-state index in [1.165, 1.54) is 5.57 Å². The van der Waals surface area contributed by atoms with E-state index in [2.05, 4.69) is 30.4 Å². The largest absolute Gasteiger partial charge is 0.357 e. The Hall–Kier alpha value is -2.61. The highest BCUT2D eigenvalue weighted by Crippen LogP contribution is 2.27. The summed E-state index contributed by atoms with van der Waals surface area (Å²) in [6, 6.07) is 0. The molecule has 3 rings (SSSR count). The zero-order chi connectivity index (χ0) is 14.7. The molecule has 0 aromatic heterocycles. The number of carbonyl (C=O) groups is 1. The maximum Gasteiger partial charge on any atom is 0.182 e. The summed E-state index contributed by atoms with van der Waals surface area (Å²) in [4.78, 5) is 14.0. The van der Waals surface area contributed by atoms with Gasteiger partial charge in [-0.25, -0.2) is 0 Å². The fourth-order valence-corrected chi connectivity index (χ4v) is 2.39. The lowest BCUT2D eigenvalue weighted by Gasteiger charge is -2.11. The zero-order valence-electron chi connectivity index (χ0n) is 12.0. The van der Waals surface area contributed by atoms with Gasteiger partial charge in [0, 0.05) is 31.4 Å². The van der Waals surface area contributed by atoms with Gasteiger partial charge in [0.15, 0.2) is 5.78 Å². The summed E-state index contributed by atoms with van der Waals surface area (Å²) in [6.07, 6.45) is 24.5. The van der Waals surface area contributed by atoms with Crippen molar-refractivity contribution in [3.8, 4) is 0 Å². The molecule has 0 fully saturated rings. The molecule has 0 saturated heterocycles. The van der Waals surface area contributed by atoms with Crippen molar-refractivity contribution in [2.75, 3.05) is 7.05 Å². The monoisotopic (exact) mass is 275 g/mol. The van der Waals surface area contributed by atoms with Crippen LogP contribution in [0.4, 0.5) is 0 Å². The molecule has 0 aromatic rings. The number of allylic oxidation sites excluding steroid dienone is 14. The lowest BCUT2D eigenvalue weighted by atomic mass is 9.99. The molecule has 0 spiro atoms. The van der Waals surface area contributed by atoms with E-state index in [9.17, 15) is 4.79 Å². The summed E-state index contributed by atoms with van der Waals surface area (Å²) in [5, 5.41) is 0. The van der Waals surface area contributed by atoms with E-state index >= 15 is 0 Å². The first-order valence-corrected chi connectivity index (χ1v) is 7.02. The Labute approximate surface area is 125 Å². The van der Waals surface area contributed by atoms with Gasteiger partial charge in [0.2, 0.25) is 0 Å². The molecule has 0 N–H and O–H groups in total. The Morgan fingerprint density at radius 2 is 1.67 bits per heavy atom. The molecule has 0 unspecified atom stereocenters. The third kappa shape index (κ3) is 3.11. The highest BCUT2D eigenvalue weighted by atomic mass is 16.1. The molecule has 3 aliphatic rings. The molecular weight excluding hydrogens is 258 g/mol. The summed E-state index contributed by atoms with van der Waals surface area (Å²) >= 11 is 0. The van der Waals surface area contributed by atoms with Gasteiger partial charge in [-0.1, -0.05) is 42.5 Å². The van der Waals surface area contributed by atoms with Crippen LogP contribution in [0.1, 0.15) is 6.42 Å². The lowest BCUT2D eigenvalue weighted by molar-refractivity contribution is -0.111. The van der Waals surface area contributed by atoms with Gasteiger partial charge in [-0.05, 0) is 34.9 Å². The molecule has 0 amide bonds. The van der Waals surface area contributed by atoms with Crippen LogP contribution in [0.2, 0.25) is 0 Å². The van der Waals surface area contributed by atoms with Gasteiger partial charge in [-0.3, -0.25) is 4.79 Å². The van der Waals surface area contributed by atoms with Gasteiger partial charge in [0.05, 0.1) is 0 Å². The van der Waals surface area contributed by atoms with Crippen molar-refractivity contribution in [2.24, 2.45) is 0 Å². The van der Waals surface area contributed by atoms with Crippen LogP contribution in [0, 0.1) is 0 Å². The van der Waals surface area contributed by atoms with E-state index in [0.717, 1.165) is 16.7 Å². The predicted octanol–water partition coefficient (Wildman–Crippen LogP) is 3.76. The van der Waals surface area contributed by atoms with Crippen LogP contribution >= 0.6 is 0 Å². The SMILES string of the molecule is CN1C=CC(=C/C=C2\C=CC(=O)C3=CC=CC=C2C3)C=C1. The molecule has 1 aliphatic heterocycles. The van der Waals surface area contributed by atoms with Gasteiger partial charge in [0.25, 0.3) is 0 Å². The summed E-state index contributed by atoms with van der Waals surface area (Å²) in [6.45, 7) is 0. The van der Waals surface area contributed by atoms with Gasteiger partial charge in [0.1, 0.15) is 0 Å². The van der Waals surface area contributed by atoms with Crippen molar-refractivity contribution in [1.82, 2.24) is 4.90 Å². The van der Waals surface area contributed by atoms with Crippen molar-refractivity contribution < 1.29 is 4.79 Å². The summed E-state index contributed by atoms with van der Waals surface area (Å²) in [5.41, 5.74) is 4.26. The van der Waals surface area contributed by atoms with Gasteiger partial charge < -0.3 is 4.90 Å². The molecule has 2 bridgehead atoms. The van der Waals surface area contributed by atoms with Crippen LogP contribution in [0.15, 0.2) is 95.5 Å². The minimum Gasteiger partial charge on any atom is -0.357 e. The van der Waals surface area contributed by atoms with E-state index in [-0.39, 0.29) is 5.78 Å². The average Bonchev–Trinajstić information content (AvgIpc) is 2.82. The Kier molecular flexibility index (Phi) is 3.69.